The van der Waals surface area contributed by atoms with Gasteiger partial charge in [-0.05, 0) is 38.1 Å². The molecule has 1 unspecified atom stereocenters. The second-order valence-electron chi connectivity index (χ2n) is 4.92. The molecule has 1 aromatic rings. The average Bonchev–Trinajstić information content (AvgIpc) is 2.43. The van der Waals surface area contributed by atoms with Crippen molar-refractivity contribution in [2.75, 3.05) is 24.1 Å². The highest BCUT2D eigenvalue weighted by atomic mass is 35.5. The number of nitrogens with two attached hydrogens (primary N) is 1. The summed E-state index contributed by atoms with van der Waals surface area (Å²) >= 11 is 5.90. The molecule has 0 aromatic heterocycles. The molecule has 0 saturated heterocycles. The number of halogens is 1. The summed E-state index contributed by atoms with van der Waals surface area (Å²) in [6, 6.07) is 5.55. The number of nitrogens with one attached hydrogen (secondary N) is 1. The first-order valence-corrected chi connectivity index (χ1v) is 7.44. The minimum absolute atomic E-state index is 0.0410. The smallest absolute Gasteiger partial charge is 0.225 e. The van der Waals surface area contributed by atoms with Gasteiger partial charge in [-0.2, -0.15) is 0 Å². The molecular weight excluding hydrogens is 274 g/mol. The van der Waals surface area contributed by atoms with E-state index in [-0.39, 0.29) is 5.91 Å². The minimum Gasteiger partial charge on any atom is -0.397 e. The monoisotopic (exact) mass is 297 g/mol. The van der Waals surface area contributed by atoms with Crippen molar-refractivity contribution in [1.29, 1.82) is 0 Å². The number of nitrogen functional groups attached to an aromatic ring is 1. The van der Waals surface area contributed by atoms with Crippen molar-refractivity contribution in [2.45, 2.75) is 39.7 Å². The maximum Gasteiger partial charge on any atom is 0.225 e. The highest BCUT2D eigenvalue weighted by molar-refractivity contribution is 6.31. The Bertz CT molecular complexity index is 451. The lowest BCUT2D eigenvalue weighted by Crippen LogP contribution is -2.35. The van der Waals surface area contributed by atoms with E-state index in [9.17, 15) is 4.79 Å². The van der Waals surface area contributed by atoms with Gasteiger partial charge in [0, 0.05) is 24.0 Å². The lowest BCUT2D eigenvalue weighted by atomic mass is 10.2. The maximum absolute atomic E-state index is 12.0. The molecule has 0 bridgehead atoms. The summed E-state index contributed by atoms with van der Waals surface area (Å²) in [7, 11) is 0. The second kappa shape index (κ2) is 8.12. The Morgan fingerprint density at radius 3 is 2.75 bits per heavy atom. The van der Waals surface area contributed by atoms with Crippen molar-refractivity contribution in [3.05, 3.63) is 23.2 Å². The highest BCUT2D eigenvalue weighted by Gasteiger charge is 2.12. The van der Waals surface area contributed by atoms with Crippen molar-refractivity contribution in [1.82, 2.24) is 4.90 Å². The van der Waals surface area contributed by atoms with Crippen molar-refractivity contribution in [2.24, 2.45) is 0 Å². The van der Waals surface area contributed by atoms with E-state index >= 15 is 0 Å². The molecule has 1 amide bonds. The van der Waals surface area contributed by atoms with Crippen LogP contribution in [0.2, 0.25) is 5.02 Å². The SMILES string of the molecule is CCC(C)N(CC)CCC(=O)Nc1cc(Cl)ccc1N. The van der Waals surface area contributed by atoms with E-state index in [4.69, 9.17) is 17.3 Å². The fourth-order valence-electron chi connectivity index (χ4n) is 2.04. The number of benzene rings is 1. The predicted molar refractivity (Wildman–Crippen MR) is 86.1 cm³/mol. The van der Waals surface area contributed by atoms with Crippen LogP contribution in [-0.2, 0) is 4.79 Å². The van der Waals surface area contributed by atoms with E-state index in [0.717, 1.165) is 19.5 Å². The lowest BCUT2D eigenvalue weighted by molar-refractivity contribution is -0.116. The van der Waals surface area contributed by atoms with Gasteiger partial charge in [0.2, 0.25) is 5.91 Å². The van der Waals surface area contributed by atoms with E-state index in [1.54, 1.807) is 18.2 Å². The van der Waals surface area contributed by atoms with Gasteiger partial charge < -0.3 is 16.0 Å². The Kier molecular flexibility index (Phi) is 6.82. The number of hydrogen-bond acceptors (Lipinski definition) is 3. The van der Waals surface area contributed by atoms with Gasteiger partial charge in [-0.3, -0.25) is 4.79 Å². The van der Waals surface area contributed by atoms with Crippen molar-refractivity contribution < 1.29 is 4.79 Å². The zero-order valence-electron chi connectivity index (χ0n) is 12.4. The van der Waals surface area contributed by atoms with E-state index < -0.39 is 0 Å². The summed E-state index contributed by atoms with van der Waals surface area (Å²) < 4.78 is 0. The third kappa shape index (κ3) is 5.02. The average molecular weight is 298 g/mol. The fraction of sp³-hybridized carbons (Fsp3) is 0.533. The fourth-order valence-corrected chi connectivity index (χ4v) is 2.22. The predicted octanol–water partition coefficient (Wildman–Crippen LogP) is 3.37. The Balaban J connectivity index is 2.53. The van der Waals surface area contributed by atoms with Crippen LogP contribution in [0.4, 0.5) is 11.4 Å². The van der Waals surface area contributed by atoms with Gasteiger partial charge in [0.25, 0.3) is 0 Å². The molecule has 20 heavy (non-hydrogen) atoms. The first-order chi connectivity index (χ1) is 9.47. The summed E-state index contributed by atoms with van der Waals surface area (Å²) in [5.41, 5.74) is 6.91. The molecule has 3 N–H and O–H groups in total. The number of hydrogen-bond donors (Lipinski definition) is 2. The molecule has 0 radical (unpaired) electrons. The van der Waals surface area contributed by atoms with Crippen LogP contribution < -0.4 is 11.1 Å². The first kappa shape index (κ1) is 16.8. The zero-order chi connectivity index (χ0) is 15.1. The normalized spacial score (nSPS) is 12.4. The van der Waals surface area contributed by atoms with Crippen LogP contribution in [0.1, 0.15) is 33.6 Å². The largest absolute Gasteiger partial charge is 0.397 e. The molecule has 0 aliphatic rings. The Morgan fingerprint density at radius 1 is 1.45 bits per heavy atom. The van der Waals surface area contributed by atoms with Crippen LogP contribution in [-0.4, -0.2) is 29.9 Å². The van der Waals surface area contributed by atoms with Gasteiger partial charge in [0.15, 0.2) is 0 Å². The number of nitrogens with zero attached hydrogens (tertiary/aromatic N) is 1. The van der Waals surface area contributed by atoms with Gasteiger partial charge in [-0.1, -0.05) is 25.4 Å². The van der Waals surface area contributed by atoms with Crippen LogP contribution >= 0.6 is 11.6 Å². The molecule has 0 aliphatic heterocycles. The number of rotatable bonds is 7. The number of amides is 1. The first-order valence-electron chi connectivity index (χ1n) is 7.06. The molecule has 0 spiro atoms. The number of carbonyl (C=O) groups is 1. The summed E-state index contributed by atoms with van der Waals surface area (Å²) in [6.07, 6.45) is 1.53. The van der Waals surface area contributed by atoms with E-state index in [2.05, 4.69) is 31.0 Å². The van der Waals surface area contributed by atoms with Crippen molar-refractivity contribution in [3.8, 4) is 0 Å². The van der Waals surface area contributed by atoms with Gasteiger partial charge >= 0.3 is 0 Å². The lowest BCUT2D eigenvalue weighted by Gasteiger charge is -2.26. The van der Waals surface area contributed by atoms with Gasteiger partial charge in [0.05, 0.1) is 11.4 Å². The Hall–Kier alpha value is -1.26. The van der Waals surface area contributed by atoms with E-state index in [1.807, 2.05) is 0 Å². The molecule has 0 aliphatic carbocycles. The molecule has 1 atom stereocenters. The number of carbonyl (C=O) groups excluding carboxylic acids is 1. The van der Waals surface area contributed by atoms with Gasteiger partial charge in [-0.25, -0.2) is 0 Å². The van der Waals surface area contributed by atoms with E-state index in [1.165, 1.54) is 0 Å². The standard InChI is InChI=1S/C15H24ClN3O/c1-4-11(3)19(5-2)9-8-15(20)18-14-10-12(16)6-7-13(14)17/h6-7,10-11H,4-5,8-9,17H2,1-3H3,(H,18,20). The topological polar surface area (TPSA) is 58.4 Å². The van der Waals surface area contributed by atoms with Crippen LogP contribution in [0.15, 0.2) is 18.2 Å². The molecule has 0 heterocycles. The van der Waals surface area contributed by atoms with Crippen LogP contribution in [0.25, 0.3) is 0 Å². The highest BCUT2D eigenvalue weighted by Crippen LogP contribution is 2.23. The Morgan fingerprint density at radius 2 is 2.15 bits per heavy atom. The second-order valence-corrected chi connectivity index (χ2v) is 5.35. The van der Waals surface area contributed by atoms with Gasteiger partial charge in [-0.15, -0.1) is 0 Å². The van der Waals surface area contributed by atoms with Gasteiger partial charge in [0.1, 0.15) is 0 Å². The molecular formula is C15H24ClN3O. The Labute approximate surface area is 126 Å². The molecule has 0 fully saturated rings. The van der Waals surface area contributed by atoms with Crippen LogP contribution in [0.5, 0.6) is 0 Å². The van der Waals surface area contributed by atoms with Crippen LogP contribution in [0, 0.1) is 0 Å². The summed E-state index contributed by atoms with van der Waals surface area (Å²) in [6.45, 7) is 8.13. The van der Waals surface area contributed by atoms with Crippen molar-refractivity contribution >= 4 is 28.9 Å². The molecule has 0 saturated carbocycles. The van der Waals surface area contributed by atoms with Crippen LogP contribution in [0.3, 0.4) is 0 Å². The third-order valence-corrected chi connectivity index (χ3v) is 3.77. The zero-order valence-corrected chi connectivity index (χ0v) is 13.2. The summed E-state index contributed by atoms with van der Waals surface area (Å²) in [4.78, 5) is 14.3. The third-order valence-electron chi connectivity index (χ3n) is 3.54. The number of anilines is 2. The summed E-state index contributed by atoms with van der Waals surface area (Å²) in [5.74, 6) is -0.0410. The molecule has 112 valence electrons. The molecule has 1 rings (SSSR count). The molecule has 5 heteroatoms. The quantitative estimate of drug-likeness (QED) is 0.759. The minimum atomic E-state index is -0.0410. The van der Waals surface area contributed by atoms with E-state index in [0.29, 0.717) is 28.9 Å². The molecule has 1 aromatic carbocycles. The summed E-state index contributed by atoms with van der Waals surface area (Å²) in [5, 5.41) is 3.37. The maximum atomic E-state index is 12.0. The van der Waals surface area contributed by atoms with Crippen molar-refractivity contribution in [3.63, 3.8) is 0 Å². The molecule has 4 nitrogen and oxygen atoms in total.